The molecule has 0 radical (unpaired) electrons. The first-order valence-corrected chi connectivity index (χ1v) is 6.73. The van der Waals surface area contributed by atoms with Crippen LogP contribution in [0.3, 0.4) is 0 Å². The number of hydroxylamine groups is 1. The van der Waals surface area contributed by atoms with Crippen LogP contribution in [0.1, 0.15) is 21.5 Å². The molecule has 1 fully saturated rings. The van der Waals surface area contributed by atoms with Gasteiger partial charge >= 0.3 is 0 Å². The molecule has 5 nitrogen and oxygen atoms in total. The molecule has 6 heteroatoms. The Hall–Kier alpha value is -1.50. The second kappa shape index (κ2) is 5.47. The molecule has 1 aromatic carbocycles. The number of fused-ring (bicyclic) bond motifs is 3. The first-order chi connectivity index (χ1) is 9.67. The number of rotatable bonds is 1. The number of hydrogen-bond donors (Lipinski definition) is 2. The van der Waals surface area contributed by atoms with E-state index in [0.29, 0.717) is 37.7 Å². The Balaban J connectivity index is 2.00. The van der Waals surface area contributed by atoms with E-state index in [4.69, 9.17) is 9.94 Å². The second-order valence-electron chi connectivity index (χ2n) is 5.42. The van der Waals surface area contributed by atoms with Gasteiger partial charge in [0.1, 0.15) is 5.82 Å². The smallest absolute Gasteiger partial charge is 0.274 e. The highest BCUT2D eigenvalue weighted by molar-refractivity contribution is 5.93. The zero-order chi connectivity index (χ0) is 14.1. The van der Waals surface area contributed by atoms with Gasteiger partial charge in [-0.15, -0.1) is 0 Å². The number of nitrogens with zero attached hydrogens (tertiary/aromatic N) is 1. The predicted octanol–water partition coefficient (Wildman–Crippen LogP) is 0.949. The summed E-state index contributed by atoms with van der Waals surface area (Å²) in [5, 5.41) is 8.68. The minimum atomic E-state index is -0.687. The summed E-state index contributed by atoms with van der Waals surface area (Å²) in [5.41, 5.74) is 3.18. The Kier molecular flexibility index (Phi) is 3.69. The second-order valence-corrected chi connectivity index (χ2v) is 5.42. The van der Waals surface area contributed by atoms with Crippen LogP contribution >= 0.6 is 0 Å². The highest BCUT2D eigenvalue weighted by Crippen LogP contribution is 2.27. The molecule has 0 spiro atoms. The van der Waals surface area contributed by atoms with Crippen molar-refractivity contribution in [2.24, 2.45) is 5.92 Å². The lowest BCUT2D eigenvalue weighted by Gasteiger charge is -2.19. The molecule has 2 aliphatic rings. The van der Waals surface area contributed by atoms with Crippen molar-refractivity contribution < 1.29 is 19.1 Å². The normalized spacial score (nSPS) is 25.3. The monoisotopic (exact) mass is 280 g/mol. The summed E-state index contributed by atoms with van der Waals surface area (Å²) in [6.45, 7) is 3.57. The predicted molar refractivity (Wildman–Crippen MR) is 68.9 cm³/mol. The van der Waals surface area contributed by atoms with Crippen LogP contribution in [0.2, 0.25) is 0 Å². The molecule has 20 heavy (non-hydrogen) atoms. The molecule has 2 bridgehead atoms. The van der Waals surface area contributed by atoms with E-state index in [1.165, 1.54) is 6.07 Å². The number of halogens is 1. The lowest BCUT2D eigenvalue weighted by atomic mass is 9.95. The zero-order valence-electron chi connectivity index (χ0n) is 11.1. The highest BCUT2D eigenvalue weighted by Gasteiger charge is 2.27. The van der Waals surface area contributed by atoms with Crippen molar-refractivity contribution in [2.75, 3.05) is 26.3 Å². The SMILES string of the molecule is O=C(NO)c1cc(F)c2c(c1)C[C@@H]1COCCN(C2)C1. The van der Waals surface area contributed by atoms with Gasteiger partial charge in [0.2, 0.25) is 0 Å². The number of amides is 1. The molecule has 1 amide bonds. The summed E-state index contributed by atoms with van der Waals surface area (Å²) in [6, 6.07) is 2.85. The van der Waals surface area contributed by atoms with E-state index in [9.17, 15) is 9.18 Å². The van der Waals surface area contributed by atoms with Crippen molar-refractivity contribution in [1.29, 1.82) is 0 Å². The first-order valence-electron chi connectivity index (χ1n) is 6.73. The van der Waals surface area contributed by atoms with Crippen LogP contribution in [0.4, 0.5) is 4.39 Å². The van der Waals surface area contributed by atoms with Crippen LogP contribution in [0, 0.1) is 11.7 Å². The lowest BCUT2D eigenvalue weighted by molar-refractivity contribution is 0.0705. The van der Waals surface area contributed by atoms with E-state index in [0.717, 1.165) is 18.7 Å². The molecular weight excluding hydrogens is 263 g/mol. The lowest BCUT2D eigenvalue weighted by Crippen LogP contribution is -2.28. The zero-order valence-corrected chi connectivity index (χ0v) is 11.1. The quantitative estimate of drug-likeness (QED) is 0.594. The van der Waals surface area contributed by atoms with E-state index in [1.807, 2.05) is 0 Å². The molecule has 1 aromatic rings. The molecule has 0 aromatic heterocycles. The Morgan fingerprint density at radius 2 is 2.35 bits per heavy atom. The molecule has 1 unspecified atom stereocenters. The van der Waals surface area contributed by atoms with Crippen LogP contribution in [-0.4, -0.2) is 42.3 Å². The van der Waals surface area contributed by atoms with Crippen molar-refractivity contribution in [3.63, 3.8) is 0 Å². The molecule has 2 heterocycles. The number of hydrogen-bond acceptors (Lipinski definition) is 4. The fraction of sp³-hybridized carbons (Fsp3) is 0.500. The summed E-state index contributed by atoms with van der Waals surface area (Å²) in [6.07, 6.45) is 0.690. The molecule has 108 valence electrons. The van der Waals surface area contributed by atoms with Gasteiger partial charge in [0, 0.05) is 30.8 Å². The molecular formula is C14H17FN2O3. The third-order valence-corrected chi connectivity index (χ3v) is 3.96. The van der Waals surface area contributed by atoms with Gasteiger partial charge in [-0.05, 0) is 30.0 Å². The topological polar surface area (TPSA) is 61.8 Å². The van der Waals surface area contributed by atoms with Crippen molar-refractivity contribution >= 4 is 5.91 Å². The van der Waals surface area contributed by atoms with E-state index >= 15 is 0 Å². The number of nitrogens with one attached hydrogen (secondary N) is 1. The van der Waals surface area contributed by atoms with Gasteiger partial charge < -0.3 is 4.74 Å². The van der Waals surface area contributed by atoms with Gasteiger partial charge in [-0.1, -0.05) is 0 Å². The molecule has 0 saturated carbocycles. The van der Waals surface area contributed by atoms with Gasteiger partial charge in [0.25, 0.3) is 5.91 Å². The Morgan fingerprint density at radius 3 is 3.15 bits per heavy atom. The van der Waals surface area contributed by atoms with Gasteiger partial charge in [-0.25, -0.2) is 9.87 Å². The summed E-state index contributed by atoms with van der Waals surface area (Å²) in [4.78, 5) is 13.7. The van der Waals surface area contributed by atoms with Crippen LogP contribution in [0.25, 0.3) is 0 Å². The Bertz CT molecular complexity index is 535. The van der Waals surface area contributed by atoms with Crippen molar-refractivity contribution in [2.45, 2.75) is 13.0 Å². The Morgan fingerprint density at radius 1 is 1.50 bits per heavy atom. The van der Waals surface area contributed by atoms with Crippen molar-refractivity contribution in [3.8, 4) is 0 Å². The Labute approximate surface area is 116 Å². The van der Waals surface area contributed by atoms with E-state index < -0.39 is 5.91 Å². The summed E-state index contributed by atoms with van der Waals surface area (Å²) in [7, 11) is 0. The van der Waals surface area contributed by atoms with Gasteiger partial charge in [-0.3, -0.25) is 14.9 Å². The maximum Gasteiger partial charge on any atom is 0.274 e. The number of benzene rings is 1. The fourth-order valence-electron chi connectivity index (χ4n) is 3.00. The molecule has 2 N–H and O–H groups in total. The van der Waals surface area contributed by atoms with Crippen LogP contribution in [-0.2, 0) is 17.7 Å². The summed E-state index contributed by atoms with van der Waals surface area (Å²) >= 11 is 0. The van der Waals surface area contributed by atoms with Crippen molar-refractivity contribution in [3.05, 3.63) is 34.6 Å². The van der Waals surface area contributed by atoms with Gasteiger partial charge in [0.05, 0.1) is 13.2 Å². The first kappa shape index (κ1) is 13.5. The molecule has 3 rings (SSSR count). The number of carbonyl (C=O) groups excluding carboxylic acids is 1. The van der Waals surface area contributed by atoms with E-state index in [1.54, 1.807) is 11.5 Å². The molecule has 0 aliphatic carbocycles. The largest absolute Gasteiger partial charge is 0.380 e. The molecule has 2 aliphatic heterocycles. The van der Waals surface area contributed by atoms with Crippen molar-refractivity contribution in [1.82, 2.24) is 10.4 Å². The van der Waals surface area contributed by atoms with Gasteiger partial charge in [0.15, 0.2) is 0 Å². The van der Waals surface area contributed by atoms with Crippen LogP contribution < -0.4 is 5.48 Å². The summed E-state index contributed by atoms with van der Waals surface area (Å²) in [5.74, 6) is -0.758. The third-order valence-electron chi connectivity index (χ3n) is 3.96. The summed E-state index contributed by atoms with van der Waals surface area (Å²) < 4.78 is 19.8. The molecule has 2 atom stereocenters. The average molecular weight is 280 g/mol. The number of carbonyl (C=O) groups is 1. The van der Waals surface area contributed by atoms with Crippen LogP contribution in [0.15, 0.2) is 12.1 Å². The van der Waals surface area contributed by atoms with E-state index in [-0.39, 0.29) is 11.4 Å². The standard InChI is InChI=1S/C14H17FN2O3/c15-13-5-11(14(18)16-19)4-10-3-9-6-17(7-12(10)13)1-2-20-8-9/h4-5,9,19H,1-3,6-8H2,(H,16,18)/t9-/m0/s1. The maximum absolute atomic E-state index is 14.2. The fourth-order valence-corrected chi connectivity index (χ4v) is 3.00. The minimum absolute atomic E-state index is 0.147. The highest BCUT2D eigenvalue weighted by atomic mass is 19.1. The number of ether oxygens (including phenoxy) is 1. The van der Waals surface area contributed by atoms with Crippen LogP contribution in [0.5, 0.6) is 0 Å². The maximum atomic E-state index is 14.2. The van der Waals surface area contributed by atoms with E-state index in [2.05, 4.69) is 4.90 Å². The minimum Gasteiger partial charge on any atom is -0.380 e. The average Bonchev–Trinajstić information content (AvgIpc) is 2.76. The van der Waals surface area contributed by atoms with Gasteiger partial charge in [-0.2, -0.15) is 0 Å². The third kappa shape index (κ3) is 2.54. The molecule has 1 saturated heterocycles.